The fourth-order valence-electron chi connectivity index (χ4n) is 2.95. The van der Waals surface area contributed by atoms with Gasteiger partial charge in [0.2, 0.25) is 10.0 Å². The third-order valence-electron chi connectivity index (χ3n) is 4.48. The summed E-state index contributed by atoms with van der Waals surface area (Å²) >= 11 is 1.64. The maximum absolute atomic E-state index is 12.6. The van der Waals surface area contributed by atoms with Gasteiger partial charge in [0.05, 0.1) is 30.3 Å². The fourth-order valence-corrected chi connectivity index (χ4v) is 5.01. The molecule has 1 aliphatic rings. The molecule has 0 amide bonds. The first-order valence-electron chi connectivity index (χ1n) is 9.00. The molecular weight excluding hydrogens is 398 g/mol. The van der Waals surface area contributed by atoms with Crippen molar-refractivity contribution in [1.82, 2.24) is 14.1 Å². The van der Waals surface area contributed by atoms with Crippen LogP contribution in [-0.4, -0.2) is 55.4 Å². The van der Waals surface area contributed by atoms with Gasteiger partial charge in [0.15, 0.2) is 0 Å². The maximum atomic E-state index is 12.6. The average molecular weight is 420 g/mol. The lowest BCUT2D eigenvalue weighted by atomic mass is 10.2. The SMILES string of the molecule is O=S(=O)(c1ccc(OCCn2ccc(-c3ccsc3)n2)cc1)N1CCOCC1. The first-order valence-corrected chi connectivity index (χ1v) is 11.4. The summed E-state index contributed by atoms with van der Waals surface area (Å²) in [4.78, 5) is 0.272. The van der Waals surface area contributed by atoms with Crippen LogP contribution in [0.15, 0.2) is 58.3 Å². The molecule has 1 fully saturated rings. The number of sulfonamides is 1. The van der Waals surface area contributed by atoms with E-state index in [-0.39, 0.29) is 4.90 Å². The second-order valence-electron chi connectivity index (χ2n) is 6.31. The highest BCUT2D eigenvalue weighted by Crippen LogP contribution is 2.21. The lowest BCUT2D eigenvalue weighted by Gasteiger charge is -2.26. The Balaban J connectivity index is 1.32. The molecule has 1 saturated heterocycles. The van der Waals surface area contributed by atoms with Crippen molar-refractivity contribution >= 4 is 21.4 Å². The first kappa shape index (κ1) is 19.1. The molecule has 148 valence electrons. The monoisotopic (exact) mass is 419 g/mol. The molecule has 28 heavy (non-hydrogen) atoms. The number of rotatable bonds is 7. The number of ether oxygens (including phenoxy) is 2. The normalized spacial score (nSPS) is 15.6. The van der Waals surface area contributed by atoms with Crippen LogP contribution in [0.5, 0.6) is 5.75 Å². The van der Waals surface area contributed by atoms with E-state index >= 15 is 0 Å². The highest BCUT2D eigenvalue weighted by molar-refractivity contribution is 7.89. The molecule has 4 rings (SSSR count). The molecule has 3 heterocycles. The van der Waals surface area contributed by atoms with Crippen molar-refractivity contribution in [3.63, 3.8) is 0 Å². The van der Waals surface area contributed by atoms with E-state index in [0.29, 0.717) is 45.2 Å². The van der Waals surface area contributed by atoms with Crippen LogP contribution < -0.4 is 4.74 Å². The zero-order valence-corrected chi connectivity index (χ0v) is 16.9. The van der Waals surface area contributed by atoms with Gasteiger partial charge in [-0.2, -0.15) is 20.7 Å². The zero-order chi connectivity index (χ0) is 19.4. The molecule has 0 bridgehead atoms. The summed E-state index contributed by atoms with van der Waals surface area (Å²) in [6, 6.07) is 10.6. The summed E-state index contributed by atoms with van der Waals surface area (Å²) < 4.78 is 39.5. The number of nitrogens with zero attached hydrogens (tertiary/aromatic N) is 3. The average Bonchev–Trinajstić information content (AvgIpc) is 3.41. The smallest absolute Gasteiger partial charge is 0.243 e. The van der Waals surface area contributed by atoms with Crippen molar-refractivity contribution in [3.05, 3.63) is 53.4 Å². The van der Waals surface area contributed by atoms with E-state index in [4.69, 9.17) is 9.47 Å². The summed E-state index contributed by atoms with van der Waals surface area (Å²) in [5.41, 5.74) is 2.06. The molecule has 1 aromatic carbocycles. The summed E-state index contributed by atoms with van der Waals surface area (Å²) in [7, 11) is -3.48. The molecule has 0 N–H and O–H groups in total. The molecule has 1 aliphatic heterocycles. The first-order chi connectivity index (χ1) is 13.6. The molecular formula is C19H21N3O4S2. The van der Waals surface area contributed by atoms with Gasteiger partial charge in [0, 0.05) is 30.2 Å². The lowest BCUT2D eigenvalue weighted by molar-refractivity contribution is 0.0730. The van der Waals surface area contributed by atoms with E-state index in [1.165, 1.54) is 4.31 Å². The molecule has 0 atom stereocenters. The number of hydrogen-bond acceptors (Lipinski definition) is 6. The maximum Gasteiger partial charge on any atom is 0.243 e. The van der Waals surface area contributed by atoms with Crippen molar-refractivity contribution in [2.45, 2.75) is 11.4 Å². The summed E-state index contributed by atoms with van der Waals surface area (Å²) in [6.45, 7) is 2.69. The van der Waals surface area contributed by atoms with Gasteiger partial charge in [-0.1, -0.05) is 0 Å². The summed E-state index contributed by atoms with van der Waals surface area (Å²) in [5, 5.41) is 8.62. The predicted molar refractivity (Wildman–Crippen MR) is 107 cm³/mol. The molecule has 0 saturated carbocycles. The largest absolute Gasteiger partial charge is 0.492 e. The van der Waals surface area contributed by atoms with Crippen LogP contribution >= 0.6 is 11.3 Å². The highest BCUT2D eigenvalue weighted by atomic mass is 32.2. The minimum absolute atomic E-state index is 0.272. The number of hydrogen-bond donors (Lipinski definition) is 0. The molecule has 7 nitrogen and oxygen atoms in total. The van der Waals surface area contributed by atoms with E-state index in [0.717, 1.165) is 11.3 Å². The molecule has 0 spiro atoms. The Morgan fingerprint density at radius 3 is 2.61 bits per heavy atom. The van der Waals surface area contributed by atoms with E-state index < -0.39 is 10.0 Å². The number of thiophene rings is 1. The highest BCUT2D eigenvalue weighted by Gasteiger charge is 2.26. The van der Waals surface area contributed by atoms with Gasteiger partial charge < -0.3 is 9.47 Å². The molecule has 9 heteroatoms. The summed E-state index contributed by atoms with van der Waals surface area (Å²) in [5.74, 6) is 0.631. The van der Waals surface area contributed by atoms with Crippen molar-refractivity contribution in [2.24, 2.45) is 0 Å². The lowest BCUT2D eigenvalue weighted by Crippen LogP contribution is -2.40. The molecule has 3 aromatic rings. The minimum atomic E-state index is -3.48. The van der Waals surface area contributed by atoms with Crippen molar-refractivity contribution in [1.29, 1.82) is 0 Å². The Morgan fingerprint density at radius 1 is 1.11 bits per heavy atom. The van der Waals surface area contributed by atoms with E-state index in [1.54, 1.807) is 35.6 Å². The molecule has 0 unspecified atom stereocenters. The molecule has 2 aromatic heterocycles. The van der Waals surface area contributed by atoms with Crippen molar-refractivity contribution < 1.29 is 17.9 Å². The van der Waals surface area contributed by atoms with Crippen molar-refractivity contribution in [3.8, 4) is 17.0 Å². The third kappa shape index (κ3) is 4.27. The number of aromatic nitrogens is 2. The van der Waals surface area contributed by atoms with Gasteiger partial charge in [-0.25, -0.2) is 8.42 Å². The Bertz CT molecular complexity index is 992. The minimum Gasteiger partial charge on any atom is -0.492 e. The molecule has 0 aliphatic carbocycles. The van der Waals surface area contributed by atoms with Crippen molar-refractivity contribution in [2.75, 3.05) is 32.9 Å². The number of morpholine rings is 1. The van der Waals surface area contributed by atoms with Gasteiger partial charge in [-0.05, 0) is 41.8 Å². The van der Waals surface area contributed by atoms with Gasteiger partial charge >= 0.3 is 0 Å². The Morgan fingerprint density at radius 2 is 1.89 bits per heavy atom. The number of benzene rings is 1. The standard InChI is InChI=1S/C19H21N3O4S2/c23-28(24,22-9-11-25-12-10-22)18-3-1-17(2-4-18)26-13-8-21-7-5-19(20-21)16-6-14-27-15-16/h1-7,14-15H,8-13H2. The van der Waals surface area contributed by atoms with Gasteiger partial charge in [0.25, 0.3) is 0 Å². The molecule has 0 radical (unpaired) electrons. The Labute approximate surface area is 168 Å². The van der Waals surface area contributed by atoms with Crippen LogP contribution in [0.1, 0.15) is 0 Å². The fraction of sp³-hybridized carbons (Fsp3) is 0.316. The van der Waals surface area contributed by atoms with Crippen LogP contribution in [-0.2, 0) is 21.3 Å². The second kappa shape index (κ2) is 8.44. The van der Waals surface area contributed by atoms with E-state index in [9.17, 15) is 8.42 Å². The Kier molecular flexibility index (Phi) is 5.77. The van der Waals surface area contributed by atoms with Crippen LogP contribution in [0.3, 0.4) is 0 Å². The zero-order valence-electron chi connectivity index (χ0n) is 15.2. The Hall–Kier alpha value is -2.20. The van der Waals surface area contributed by atoms with Crippen LogP contribution in [0, 0.1) is 0 Å². The van der Waals surface area contributed by atoms with Gasteiger partial charge in [-0.15, -0.1) is 0 Å². The predicted octanol–water partition coefficient (Wildman–Crippen LogP) is 2.71. The summed E-state index contributed by atoms with van der Waals surface area (Å²) in [6.07, 6.45) is 1.92. The topological polar surface area (TPSA) is 73.7 Å². The van der Waals surface area contributed by atoms with Gasteiger partial charge in [0.1, 0.15) is 12.4 Å². The third-order valence-corrected chi connectivity index (χ3v) is 7.07. The second-order valence-corrected chi connectivity index (χ2v) is 9.03. The van der Waals surface area contributed by atoms with E-state index in [1.807, 2.05) is 28.4 Å². The van der Waals surface area contributed by atoms with Crippen LogP contribution in [0.25, 0.3) is 11.3 Å². The van der Waals surface area contributed by atoms with E-state index in [2.05, 4.69) is 10.5 Å². The van der Waals surface area contributed by atoms with Gasteiger partial charge in [-0.3, -0.25) is 4.68 Å². The van der Waals surface area contributed by atoms with Crippen LogP contribution in [0.4, 0.5) is 0 Å². The van der Waals surface area contributed by atoms with Crippen LogP contribution in [0.2, 0.25) is 0 Å². The quantitative estimate of drug-likeness (QED) is 0.589.